The first-order chi connectivity index (χ1) is 15.7. The van der Waals surface area contributed by atoms with Gasteiger partial charge in [0, 0.05) is 24.0 Å². The molecule has 10 heteroatoms. The van der Waals surface area contributed by atoms with E-state index in [9.17, 15) is 13.2 Å². The molecular weight excluding hydrogens is 485 g/mol. The maximum absolute atomic E-state index is 13.3. The van der Waals surface area contributed by atoms with Gasteiger partial charge in [0.15, 0.2) is 0 Å². The Morgan fingerprint density at radius 1 is 1.15 bits per heavy atom. The lowest BCUT2D eigenvalue weighted by molar-refractivity contribution is -0.121. The summed E-state index contributed by atoms with van der Waals surface area (Å²) in [5, 5.41) is 3.29. The Balaban J connectivity index is 2.02. The van der Waals surface area contributed by atoms with Crippen molar-refractivity contribution in [1.82, 2.24) is 14.5 Å². The average molecular weight is 519 g/mol. The predicted octanol–water partition coefficient (Wildman–Crippen LogP) is 4.79. The number of halogens is 2. The fourth-order valence-corrected chi connectivity index (χ4v) is 5.63. The Morgan fingerprint density at radius 3 is 2.52 bits per heavy atom. The van der Waals surface area contributed by atoms with Gasteiger partial charge >= 0.3 is 0 Å². The van der Waals surface area contributed by atoms with E-state index in [0.717, 1.165) is 32.5 Å². The summed E-state index contributed by atoms with van der Waals surface area (Å²) in [5.41, 5.74) is 0. The summed E-state index contributed by atoms with van der Waals surface area (Å²) in [6, 6.07) is 7.64. The standard InChI is InChI=1S/C23H33Cl2N3O4S/c1-4-27(5-2)13-6-8-18(3)26-23(29)12-14-28(17-20-9-7-15-32-20)33(30,31)22-16-19(24)10-11-21(22)25/h7,9-11,15-16,18H,4-6,8,12-14,17H2,1-3H3,(H,26,29). The number of sulfonamides is 1. The summed E-state index contributed by atoms with van der Waals surface area (Å²) in [7, 11) is -4.01. The van der Waals surface area contributed by atoms with Crippen LogP contribution in [0.4, 0.5) is 0 Å². The topological polar surface area (TPSA) is 82.9 Å². The summed E-state index contributed by atoms with van der Waals surface area (Å²) < 4.78 is 33.2. The number of benzene rings is 1. The van der Waals surface area contributed by atoms with Crippen LogP contribution in [-0.4, -0.2) is 55.8 Å². The van der Waals surface area contributed by atoms with Crippen LogP contribution >= 0.6 is 23.2 Å². The lowest BCUT2D eigenvalue weighted by Gasteiger charge is -2.23. The molecular formula is C23H33Cl2N3O4S. The first-order valence-corrected chi connectivity index (χ1v) is 13.4. The van der Waals surface area contributed by atoms with Gasteiger partial charge in [0.25, 0.3) is 0 Å². The molecule has 7 nitrogen and oxygen atoms in total. The van der Waals surface area contributed by atoms with Crippen molar-refractivity contribution in [2.24, 2.45) is 0 Å². The third-order valence-electron chi connectivity index (χ3n) is 5.42. The van der Waals surface area contributed by atoms with Crippen molar-refractivity contribution < 1.29 is 17.6 Å². The highest BCUT2D eigenvalue weighted by Gasteiger charge is 2.28. The average Bonchev–Trinajstić information content (AvgIpc) is 3.29. The van der Waals surface area contributed by atoms with Gasteiger partial charge in [0.05, 0.1) is 17.8 Å². The number of amides is 1. The third kappa shape index (κ3) is 8.61. The molecule has 2 aromatic rings. The molecule has 1 N–H and O–H groups in total. The summed E-state index contributed by atoms with van der Waals surface area (Å²) in [6.45, 7) is 9.18. The number of carbonyl (C=O) groups excluding carboxylic acids is 1. The fraction of sp³-hybridized carbons (Fsp3) is 0.522. The zero-order valence-electron chi connectivity index (χ0n) is 19.4. The number of furan rings is 1. The summed E-state index contributed by atoms with van der Waals surface area (Å²) in [5.74, 6) is 0.254. The van der Waals surface area contributed by atoms with Crippen LogP contribution in [0.5, 0.6) is 0 Å². The van der Waals surface area contributed by atoms with Crippen molar-refractivity contribution in [3.05, 3.63) is 52.4 Å². The Morgan fingerprint density at radius 2 is 1.88 bits per heavy atom. The molecule has 33 heavy (non-hydrogen) atoms. The van der Waals surface area contributed by atoms with E-state index >= 15 is 0 Å². The highest BCUT2D eigenvalue weighted by atomic mass is 35.5. The maximum atomic E-state index is 13.3. The van der Waals surface area contributed by atoms with Crippen molar-refractivity contribution in [2.75, 3.05) is 26.2 Å². The Hall–Kier alpha value is -1.58. The number of hydrogen-bond acceptors (Lipinski definition) is 5. The van der Waals surface area contributed by atoms with Crippen LogP contribution in [0.1, 0.15) is 45.8 Å². The van der Waals surface area contributed by atoms with Gasteiger partial charge in [-0.1, -0.05) is 37.0 Å². The minimum atomic E-state index is -4.01. The molecule has 1 aromatic carbocycles. The molecule has 0 aliphatic carbocycles. The normalized spacial score (nSPS) is 12.9. The van der Waals surface area contributed by atoms with Gasteiger partial charge in [-0.15, -0.1) is 0 Å². The highest BCUT2D eigenvalue weighted by Crippen LogP contribution is 2.28. The van der Waals surface area contributed by atoms with Crippen molar-refractivity contribution in [3.8, 4) is 0 Å². The fourth-order valence-electron chi connectivity index (χ4n) is 3.48. The SMILES string of the molecule is CCN(CC)CCCC(C)NC(=O)CCN(Cc1ccco1)S(=O)(=O)c1cc(Cl)ccc1Cl. The number of hydrogen-bond donors (Lipinski definition) is 1. The van der Waals surface area contributed by atoms with E-state index in [0.29, 0.717) is 5.76 Å². The molecule has 184 valence electrons. The van der Waals surface area contributed by atoms with E-state index in [1.807, 2.05) is 6.92 Å². The first kappa shape index (κ1) is 27.7. The molecule has 0 aliphatic heterocycles. The van der Waals surface area contributed by atoms with Crippen LogP contribution in [0, 0.1) is 0 Å². The lowest BCUT2D eigenvalue weighted by atomic mass is 10.1. The molecule has 1 amide bonds. The molecule has 0 saturated carbocycles. The van der Waals surface area contributed by atoms with Crippen LogP contribution in [0.2, 0.25) is 10.0 Å². The minimum Gasteiger partial charge on any atom is -0.468 e. The van der Waals surface area contributed by atoms with E-state index in [1.54, 1.807) is 12.1 Å². The van der Waals surface area contributed by atoms with Crippen LogP contribution < -0.4 is 5.32 Å². The van der Waals surface area contributed by atoms with Gasteiger partial charge in [-0.25, -0.2) is 8.42 Å². The van der Waals surface area contributed by atoms with Crippen molar-refractivity contribution in [2.45, 2.75) is 57.5 Å². The first-order valence-electron chi connectivity index (χ1n) is 11.2. The summed E-state index contributed by atoms with van der Waals surface area (Å²) >= 11 is 12.2. The molecule has 0 saturated heterocycles. The number of nitrogens with one attached hydrogen (secondary N) is 1. The van der Waals surface area contributed by atoms with Crippen LogP contribution in [0.25, 0.3) is 0 Å². The molecule has 1 heterocycles. The zero-order chi connectivity index (χ0) is 24.4. The Kier molecular flexibility index (Phi) is 11.2. The largest absolute Gasteiger partial charge is 0.468 e. The molecule has 0 aliphatic rings. The number of carbonyl (C=O) groups is 1. The molecule has 2 rings (SSSR count). The smallest absolute Gasteiger partial charge is 0.245 e. The minimum absolute atomic E-state index is 0.00516. The highest BCUT2D eigenvalue weighted by molar-refractivity contribution is 7.89. The van der Waals surface area contributed by atoms with E-state index < -0.39 is 10.0 Å². The van der Waals surface area contributed by atoms with Gasteiger partial charge in [-0.3, -0.25) is 4.79 Å². The van der Waals surface area contributed by atoms with E-state index in [1.165, 1.54) is 28.8 Å². The third-order valence-corrected chi connectivity index (χ3v) is 7.99. The van der Waals surface area contributed by atoms with Crippen LogP contribution in [0.15, 0.2) is 45.9 Å². The molecule has 1 aromatic heterocycles. The zero-order valence-corrected chi connectivity index (χ0v) is 21.7. The number of rotatable bonds is 14. The second kappa shape index (κ2) is 13.3. The molecule has 1 unspecified atom stereocenters. The Labute approximate surface area is 207 Å². The molecule has 0 fully saturated rings. The van der Waals surface area contributed by atoms with Gasteiger partial charge in [-0.2, -0.15) is 4.31 Å². The molecule has 0 radical (unpaired) electrons. The van der Waals surface area contributed by atoms with Crippen LogP contribution in [0.3, 0.4) is 0 Å². The van der Waals surface area contributed by atoms with Crippen molar-refractivity contribution >= 4 is 39.1 Å². The molecule has 1 atom stereocenters. The predicted molar refractivity (Wildman–Crippen MR) is 132 cm³/mol. The van der Waals surface area contributed by atoms with Gasteiger partial charge < -0.3 is 14.6 Å². The second-order valence-electron chi connectivity index (χ2n) is 7.88. The Bertz CT molecular complexity index is 980. The van der Waals surface area contributed by atoms with Gasteiger partial charge in [0.1, 0.15) is 10.7 Å². The number of nitrogens with zero attached hydrogens (tertiary/aromatic N) is 2. The van der Waals surface area contributed by atoms with E-state index in [-0.39, 0.29) is 46.4 Å². The molecule has 0 spiro atoms. The van der Waals surface area contributed by atoms with E-state index in [4.69, 9.17) is 27.6 Å². The summed E-state index contributed by atoms with van der Waals surface area (Å²) in [6.07, 6.45) is 3.32. The summed E-state index contributed by atoms with van der Waals surface area (Å²) in [4.78, 5) is 14.8. The monoisotopic (exact) mass is 517 g/mol. The van der Waals surface area contributed by atoms with Gasteiger partial charge in [0.2, 0.25) is 15.9 Å². The lowest BCUT2D eigenvalue weighted by Crippen LogP contribution is -2.38. The van der Waals surface area contributed by atoms with E-state index in [2.05, 4.69) is 24.1 Å². The quantitative estimate of drug-likeness (QED) is 0.389. The molecule has 0 bridgehead atoms. The van der Waals surface area contributed by atoms with Crippen molar-refractivity contribution in [1.29, 1.82) is 0 Å². The second-order valence-corrected chi connectivity index (χ2v) is 10.6. The van der Waals surface area contributed by atoms with Crippen molar-refractivity contribution in [3.63, 3.8) is 0 Å². The maximum Gasteiger partial charge on any atom is 0.245 e. The van der Waals surface area contributed by atoms with Gasteiger partial charge in [-0.05, 0) is 69.7 Å². The van der Waals surface area contributed by atoms with Crippen LogP contribution in [-0.2, 0) is 21.4 Å².